The molecule has 0 heterocycles. The number of nitrogens with zero attached hydrogens (tertiary/aromatic N) is 1. The summed E-state index contributed by atoms with van der Waals surface area (Å²) in [7, 11) is 1.22. The van der Waals surface area contributed by atoms with Gasteiger partial charge in [-0.05, 0) is 48.9 Å². The molecule has 0 atom stereocenters. The molecule has 2 N–H and O–H groups in total. The van der Waals surface area contributed by atoms with E-state index in [0.29, 0.717) is 5.56 Å². The Bertz CT molecular complexity index is 1110. The number of carbonyl (C=O) groups is 3. The first kappa shape index (κ1) is 24.2. The van der Waals surface area contributed by atoms with Crippen LogP contribution in [0.4, 0.5) is 5.69 Å². The second kappa shape index (κ2) is 11.4. The van der Waals surface area contributed by atoms with Crippen LogP contribution >= 0.6 is 11.6 Å². The van der Waals surface area contributed by atoms with E-state index in [2.05, 4.69) is 10.1 Å². The van der Waals surface area contributed by atoms with E-state index in [9.17, 15) is 19.6 Å². The van der Waals surface area contributed by atoms with E-state index in [1.807, 2.05) is 0 Å². The summed E-state index contributed by atoms with van der Waals surface area (Å²) >= 11 is 6.25. The number of benzene rings is 2. The number of methoxy groups -OCH3 is 1. The van der Waals surface area contributed by atoms with E-state index in [4.69, 9.17) is 26.2 Å². The van der Waals surface area contributed by atoms with Gasteiger partial charge < -0.3 is 24.6 Å². The van der Waals surface area contributed by atoms with Crippen molar-refractivity contribution in [3.05, 3.63) is 58.1 Å². The van der Waals surface area contributed by atoms with Gasteiger partial charge in [-0.3, -0.25) is 4.79 Å². The van der Waals surface area contributed by atoms with Crippen LogP contribution in [0.25, 0.3) is 6.08 Å². The van der Waals surface area contributed by atoms with Crippen molar-refractivity contribution in [2.75, 3.05) is 25.6 Å². The van der Waals surface area contributed by atoms with Gasteiger partial charge in [-0.2, -0.15) is 5.26 Å². The Hall–Kier alpha value is -4.03. The number of aromatic carboxylic acids is 1. The van der Waals surface area contributed by atoms with Crippen LogP contribution in [-0.4, -0.2) is 43.3 Å². The van der Waals surface area contributed by atoms with Crippen molar-refractivity contribution in [2.24, 2.45) is 0 Å². The van der Waals surface area contributed by atoms with Crippen molar-refractivity contribution in [3.8, 4) is 17.6 Å². The summed E-state index contributed by atoms with van der Waals surface area (Å²) in [5.41, 5.74) is 0.318. The maximum Gasteiger partial charge on any atom is 0.343 e. The normalized spacial score (nSPS) is 10.6. The summed E-state index contributed by atoms with van der Waals surface area (Å²) in [6.07, 6.45) is 1.29. The lowest BCUT2D eigenvalue weighted by atomic mass is 10.1. The number of hydrogen-bond donors (Lipinski definition) is 2. The van der Waals surface area contributed by atoms with Gasteiger partial charge in [0.1, 0.15) is 11.6 Å². The highest BCUT2D eigenvalue weighted by Crippen LogP contribution is 2.37. The van der Waals surface area contributed by atoms with Crippen molar-refractivity contribution in [2.45, 2.75) is 6.92 Å². The van der Waals surface area contributed by atoms with Crippen molar-refractivity contribution < 1.29 is 33.7 Å². The second-order valence-corrected chi connectivity index (χ2v) is 6.54. The van der Waals surface area contributed by atoms with Crippen molar-refractivity contribution >= 4 is 41.2 Å². The number of amides is 1. The largest absolute Gasteiger partial charge is 0.490 e. The zero-order chi connectivity index (χ0) is 23.7. The molecule has 0 saturated carbocycles. The van der Waals surface area contributed by atoms with Crippen molar-refractivity contribution in [1.29, 1.82) is 5.26 Å². The van der Waals surface area contributed by atoms with Crippen LogP contribution in [0.15, 0.2) is 42.0 Å². The van der Waals surface area contributed by atoms with Gasteiger partial charge in [0, 0.05) is 5.69 Å². The average Bonchev–Trinajstić information content (AvgIpc) is 2.76. The Labute approximate surface area is 188 Å². The molecule has 2 aromatic carbocycles. The van der Waals surface area contributed by atoms with Crippen LogP contribution in [0, 0.1) is 11.3 Å². The molecule has 0 aliphatic carbocycles. The quantitative estimate of drug-likeness (QED) is 0.331. The summed E-state index contributed by atoms with van der Waals surface area (Å²) in [4.78, 5) is 34.9. The molecule has 166 valence electrons. The van der Waals surface area contributed by atoms with Crippen LogP contribution in [-0.2, 0) is 14.3 Å². The number of esters is 1. The van der Waals surface area contributed by atoms with Crippen LogP contribution in [0.1, 0.15) is 22.8 Å². The molecule has 0 aromatic heterocycles. The molecule has 2 aromatic rings. The molecule has 9 nitrogen and oxygen atoms in total. The van der Waals surface area contributed by atoms with Gasteiger partial charge in [0.15, 0.2) is 18.1 Å². The molecule has 0 spiro atoms. The number of nitriles is 1. The monoisotopic (exact) mass is 458 g/mol. The zero-order valence-corrected chi connectivity index (χ0v) is 17.9. The highest BCUT2D eigenvalue weighted by molar-refractivity contribution is 6.32. The third-order valence-corrected chi connectivity index (χ3v) is 4.22. The summed E-state index contributed by atoms with van der Waals surface area (Å²) in [6, 6.07) is 10.3. The predicted octanol–water partition coefficient (Wildman–Crippen LogP) is 3.53. The van der Waals surface area contributed by atoms with Crippen LogP contribution in [0.3, 0.4) is 0 Å². The Morgan fingerprint density at radius 2 is 1.97 bits per heavy atom. The Kier molecular flexibility index (Phi) is 8.63. The smallest absolute Gasteiger partial charge is 0.343 e. The number of carboxylic acid groups (broad SMARTS) is 1. The van der Waals surface area contributed by atoms with E-state index in [0.717, 1.165) is 0 Å². The lowest BCUT2D eigenvalue weighted by Gasteiger charge is -2.14. The molecule has 10 heteroatoms. The van der Waals surface area contributed by atoms with Crippen molar-refractivity contribution in [1.82, 2.24) is 0 Å². The highest BCUT2D eigenvalue weighted by atomic mass is 35.5. The fraction of sp³-hybridized carbons (Fsp3) is 0.182. The SMILES string of the molecule is CCOc1cc(/C=C(/C#N)C(=O)Nc2cccc(C(=O)O)c2)cc(Cl)c1OCC(=O)OC. The first-order valence-electron chi connectivity index (χ1n) is 9.21. The number of halogens is 1. The fourth-order valence-corrected chi connectivity index (χ4v) is 2.78. The number of anilines is 1. The number of carboxylic acids is 1. The molecule has 0 radical (unpaired) electrons. The molecule has 0 fully saturated rings. The third-order valence-electron chi connectivity index (χ3n) is 3.94. The van der Waals surface area contributed by atoms with Gasteiger partial charge in [0.05, 0.1) is 24.3 Å². The van der Waals surface area contributed by atoms with Crippen molar-refractivity contribution in [3.63, 3.8) is 0 Å². The van der Waals surface area contributed by atoms with Crippen LogP contribution in [0.5, 0.6) is 11.5 Å². The molecule has 1 amide bonds. The molecule has 0 saturated heterocycles. The van der Waals surface area contributed by atoms with E-state index in [1.165, 1.54) is 49.6 Å². The summed E-state index contributed by atoms with van der Waals surface area (Å²) < 4.78 is 15.4. The van der Waals surface area contributed by atoms with Gasteiger partial charge in [0.2, 0.25) is 0 Å². The van der Waals surface area contributed by atoms with Crippen LogP contribution < -0.4 is 14.8 Å². The molecule has 0 aliphatic rings. The summed E-state index contributed by atoms with van der Waals surface area (Å²) in [6.45, 7) is 1.62. The Morgan fingerprint density at radius 1 is 1.22 bits per heavy atom. The number of rotatable bonds is 9. The highest BCUT2D eigenvalue weighted by Gasteiger charge is 2.16. The van der Waals surface area contributed by atoms with Gasteiger partial charge in [-0.1, -0.05) is 17.7 Å². The van der Waals surface area contributed by atoms with E-state index in [1.54, 1.807) is 13.0 Å². The van der Waals surface area contributed by atoms with Crippen LogP contribution in [0.2, 0.25) is 5.02 Å². The maximum atomic E-state index is 12.5. The summed E-state index contributed by atoms with van der Waals surface area (Å²) in [5.74, 6) is -2.17. The Morgan fingerprint density at radius 3 is 2.59 bits per heavy atom. The lowest BCUT2D eigenvalue weighted by molar-refractivity contribution is -0.142. The zero-order valence-electron chi connectivity index (χ0n) is 17.2. The fourth-order valence-electron chi connectivity index (χ4n) is 2.51. The number of carbonyl (C=O) groups excluding carboxylic acids is 2. The van der Waals surface area contributed by atoms with E-state index < -0.39 is 17.8 Å². The molecule has 0 unspecified atom stereocenters. The third kappa shape index (κ3) is 6.48. The maximum absolute atomic E-state index is 12.5. The number of hydrogen-bond acceptors (Lipinski definition) is 7. The van der Waals surface area contributed by atoms with E-state index >= 15 is 0 Å². The van der Waals surface area contributed by atoms with Gasteiger partial charge in [-0.25, -0.2) is 9.59 Å². The minimum absolute atomic E-state index is 0.0130. The molecule has 0 aliphatic heterocycles. The number of ether oxygens (including phenoxy) is 3. The van der Waals surface area contributed by atoms with Gasteiger partial charge >= 0.3 is 11.9 Å². The molecular weight excluding hydrogens is 440 g/mol. The molecule has 2 rings (SSSR count). The number of nitrogens with one attached hydrogen (secondary N) is 1. The van der Waals surface area contributed by atoms with Gasteiger partial charge in [0.25, 0.3) is 5.91 Å². The minimum Gasteiger partial charge on any atom is -0.490 e. The second-order valence-electron chi connectivity index (χ2n) is 6.14. The first-order chi connectivity index (χ1) is 15.3. The standard InChI is InChI=1S/C22H19ClN2O7/c1-3-31-18-9-13(8-17(23)20(18)32-12-19(26)30-2)7-15(11-24)21(27)25-16-6-4-5-14(10-16)22(28)29/h4-10H,3,12H2,1-2H3,(H,25,27)(H,28,29)/b15-7-. The molecule has 32 heavy (non-hydrogen) atoms. The minimum atomic E-state index is -1.15. The van der Waals surface area contributed by atoms with E-state index in [-0.39, 0.29) is 46.6 Å². The molecular formula is C22H19ClN2O7. The first-order valence-corrected chi connectivity index (χ1v) is 9.59. The topological polar surface area (TPSA) is 135 Å². The van der Waals surface area contributed by atoms with Gasteiger partial charge in [-0.15, -0.1) is 0 Å². The summed E-state index contributed by atoms with van der Waals surface area (Å²) in [5, 5.41) is 21.1. The molecule has 0 bridgehead atoms. The predicted molar refractivity (Wildman–Crippen MR) is 116 cm³/mol. The Balaban J connectivity index is 2.32. The lowest BCUT2D eigenvalue weighted by Crippen LogP contribution is -2.14. The average molecular weight is 459 g/mol.